The molecule has 1 fully saturated rings. The van der Waals surface area contributed by atoms with Gasteiger partial charge in [-0.2, -0.15) is 5.10 Å². The number of aromatic nitrogens is 3. The van der Waals surface area contributed by atoms with Gasteiger partial charge in [0.25, 0.3) is 0 Å². The number of nitrogens with zero attached hydrogens (tertiary/aromatic N) is 3. The third-order valence-electron chi connectivity index (χ3n) is 4.61. The standard InChI is InChI=1S/C19H28N6/c1-3-6-14-9-13(2)10-18(22-14)23-15-11-19(25-21-12-15)24-17-8-5-4-7-16(17)20/h9-12,16-17H,3-8,20H2,1-2H3,(H2,22,23,24,25)/t16-,17+/m0/s1. The van der Waals surface area contributed by atoms with Crippen molar-refractivity contribution in [2.24, 2.45) is 5.73 Å². The van der Waals surface area contributed by atoms with Crippen LogP contribution in [0.4, 0.5) is 17.3 Å². The number of nitrogens with two attached hydrogens (primary N) is 1. The van der Waals surface area contributed by atoms with Crippen LogP contribution in [0.25, 0.3) is 0 Å². The van der Waals surface area contributed by atoms with E-state index in [2.05, 4.69) is 45.7 Å². The molecule has 4 N–H and O–H groups in total. The second-order valence-corrected chi connectivity index (χ2v) is 6.92. The number of aryl methyl sites for hydroxylation is 2. The molecule has 6 nitrogen and oxygen atoms in total. The Balaban J connectivity index is 1.71. The van der Waals surface area contributed by atoms with Crippen molar-refractivity contribution in [1.29, 1.82) is 0 Å². The van der Waals surface area contributed by atoms with Crippen LogP contribution in [0, 0.1) is 6.92 Å². The van der Waals surface area contributed by atoms with Crippen molar-refractivity contribution in [3.8, 4) is 0 Å². The molecule has 0 unspecified atom stereocenters. The summed E-state index contributed by atoms with van der Waals surface area (Å²) in [6.45, 7) is 4.26. The molecule has 1 aliphatic carbocycles. The lowest BCUT2D eigenvalue weighted by molar-refractivity contribution is 0.403. The fourth-order valence-corrected chi connectivity index (χ4v) is 3.37. The quantitative estimate of drug-likeness (QED) is 0.745. The molecule has 1 saturated carbocycles. The number of rotatable bonds is 6. The van der Waals surface area contributed by atoms with Crippen LogP contribution in [0.1, 0.15) is 50.3 Å². The van der Waals surface area contributed by atoms with E-state index < -0.39 is 0 Å². The normalized spacial score (nSPS) is 20.3. The molecule has 0 aliphatic heterocycles. The zero-order chi connectivity index (χ0) is 17.6. The second-order valence-electron chi connectivity index (χ2n) is 6.92. The van der Waals surface area contributed by atoms with Gasteiger partial charge in [-0.1, -0.05) is 26.2 Å². The summed E-state index contributed by atoms with van der Waals surface area (Å²) >= 11 is 0. The number of nitrogens with one attached hydrogen (secondary N) is 2. The van der Waals surface area contributed by atoms with E-state index >= 15 is 0 Å². The van der Waals surface area contributed by atoms with Crippen molar-refractivity contribution in [3.63, 3.8) is 0 Å². The molecule has 25 heavy (non-hydrogen) atoms. The molecule has 2 atom stereocenters. The van der Waals surface area contributed by atoms with Crippen molar-refractivity contribution < 1.29 is 0 Å². The van der Waals surface area contributed by atoms with E-state index in [9.17, 15) is 0 Å². The van der Waals surface area contributed by atoms with Gasteiger partial charge in [-0.15, -0.1) is 5.10 Å². The molecule has 134 valence electrons. The summed E-state index contributed by atoms with van der Waals surface area (Å²) in [5, 5.41) is 15.1. The lowest BCUT2D eigenvalue weighted by atomic mass is 9.91. The maximum absolute atomic E-state index is 6.21. The first kappa shape index (κ1) is 17.6. The van der Waals surface area contributed by atoms with E-state index in [1.807, 2.05) is 12.1 Å². The number of hydrogen-bond donors (Lipinski definition) is 3. The van der Waals surface area contributed by atoms with Crippen molar-refractivity contribution in [2.45, 2.75) is 64.5 Å². The van der Waals surface area contributed by atoms with Crippen LogP contribution in [0.2, 0.25) is 0 Å². The third-order valence-corrected chi connectivity index (χ3v) is 4.61. The van der Waals surface area contributed by atoms with E-state index in [1.54, 1.807) is 6.20 Å². The Bertz CT molecular complexity index is 702. The summed E-state index contributed by atoms with van der Waals surface area (Å²) in [5.41, 5.74) is 9.40. The number of hydrogen-bond acceptors (Lipinski definition) is 6. The van der Waals surface area contributed by atoms with Crippen molar-refractivity contribution in [3.05, 3.63) is 35.7 Å². The van der Waals surface area contributed by atoms with E-state index in [4.69, 9.17) is 5.73 Å². The fourth-order valence-electron chi connectivity index (χ4n) is 3.37. The largest absolute Gasteiger partial charge is 0.364 e. The highest BCUT2D eigenvalue weighted by Gasteiger charge is 2.21. The predicted molar refractivity (Wildman–Crippen MR) is 102 cm³/mol. The SMILES string of the molecule is CCCc1cc(C)cc(Nc2cnnc(N[C@@H]3CCCC[C@@H]3N)c2)n1. The minimum atomic E-state index is 0.183. The van der Waals surface area contributed by atoms with E-state index in [0.29, 0.717) is 0 Å². The average molecular weight is 340 g/mol. The number of pyridine rings is 1. The van der Waals surface area contributed by atoms with Crippen LogP contribution >= 0.6 is 0 Å². The molecule has 2 aromatic rings. The average Bonchev–Trinajstić information content (AvgIpc) is 2.57. The van der Waals surface area contributed by atoms with E-state index in [1.165, 1.54) is 18.4 Å². The highest BCUT2D eigenvalue weighted by molar-refractivity contribution is 5.59. The van der Waals surface area contributed by atoms with Gasteiger partial charge in [0.2, 0.25) is 0 Å². The Morgan fingerprint density at radius 3 is 2.80 bits per heavy atom. The van der Waals surface area contributed by atoms with Crippen LogP contribution in [0.5, 0.6) is 0 Å². The lowest BCUT2D eigenvalue weighted by Crippen LogP contribution is -2.42. The molecule has 2 heterocycles. The van der Waals surface area contributed by atoms with Crippen LogP contribution in [-0.4, -0.2) is 27.3 Å². The Labute approximate surface area is 149 Å². The number of anilines is 3. The minimum Gasteiger partial charge on any atom is -0.364 e. The molecule has 0 radical (unpaired) electrons. The Kier molecular flexibility index (Phi) is 5.81. The molecule has 0 bridgehead atoms. The summed E-state index contributed by atoms with van der Waals surface area (Å²) in [7, 11) is 0. The molecule has 0 saturated heterocycles. The first-order valence-corrected chi connectivity index (χ1v) is 9.23. The van der Waals surface area contributed by atoms with Gasteiger partial charge in [-0.3, -0.25) is 0 Å². The molecular formula is C19H28N6. The Morgan fingerprint density at radius 2 is 2.00 bits per heavy atom. The maximum atomic E-state index is 6.21. The summed E-state index contributed by atoms with van der Waals surface area (Å²) < 4.78 is 0. The molecule has 0 amide bonds. The molecule has 0 spiro atoms. The van der Waals surface area contributed by atoms with Gasteiger partial charge in [0.05, 0.1) is 11.9 Å². The lowest BCUT2D eigenvalue weighted by Gasteiger charge is -2.29. The van der Waals surface area contributed by atoms with E-state index in [-0.39, 0.29) is 12.1 Å². The first-order chi connectivity index (χ1) is 12.1. The Hall–Kier alpha value is -2.21. The predicted octanol–water partition coefficient (Wildman–Crippen LogP) is 3.56. The van der Waals surface area contributed by atoms with Crippen molar-refractivity contribution >= 4 is 17.3 Å². The topological polar surface area (TPSA) is 88.8 Å². The van der Waals surface area contributed by atoms with Crippen LogP contribution in [-0.2, 0) is 6.42 Å². The van der Waals surface area contributed by atoms with Gasteiger partial charge in [-0.25, -0.2) is 4.98 Å². The van der Waals surface area contributed by atoms with Gasteiger partial charge in [0.1, 0.15) is 5.82 Å². The van der Waals surface area contributed by atoms with Crippen LogP contribution in [0.3, 0.4) is 0 Å². The summed E-state index contributed by atoms with van der Waals surface area (Å²) in [4.78, 5) is 4.68. The highest BCUT2D eigenvalue weighted by Crippen LogP contribution is 2.22. The van der Waals surface area contributed by atoms with Gasteiger partial charge in [0.15, 0.2) is 5.82 Å². The summed E-state index contributed by atoms with van der Waals surface area (Å²) in [6.07, 6.45) is 8.36. The molecule has 6 heteroatoms. The van der Waals surface area contributed by atoms with Gasteiger partial charge in [0, 0.05) is 23.8 Å². The van der Waals surface area contributed by atoms with Gasteiger partial charge in [-0.05, 0) is 43.9 Å². The Morgan fingerprint density at radius 1 is 1.16 bits per heavy atom. The zero-order valence-corrected chi connectivity index (χ0v) is 15.1. The van der Waals surface area contributed by atoms with E-state index in [0.717, 1.165) is 48.7 Å². The summed E-state index contributed by atoms with van der Waals surface area (Å²) in [5.74, 6) is 1.60. The third kappa shape index (κ3) is 4.89. The molecular weight excluding hydrogens is 312 g/mol. The molecule has 1 aliphatic rings. The van der Waals surface area contributed by atoms with Gasteiger partial charge < -0.3 is 16.4 Å². The molecule has 2 aromatic heterocycles. The van der Waals surface area contributed by atoms with Crippen molar-refractivity contribution in [2.75, 3.05) is 10.6 Å². The van der Waals surface area contributed by atoms with Crippen molar-refractivity contribution in [1.82, 2.24) is 15.2 Å². The highest BCUT2D eigenvalue weighted by atomic mass is 15.2. The smallest absolute Gasteiger partial charge is 0.150 e. The van der Waals surface area contributed by atoms with Crippen LogP contribution in [0.15, 0.2) is 24.4 Å². The molecule has 0 aromatic carbocycles. The maximum Gasteiger partial charge on any atom is 0.150 e. The van der Waals surface area contributed by atoms with Crippen LogP contribution < -0.4 is 16.4 Å². The first-order valence-electron chi connectivity index (χ1n) is 9.23. The second kappa shape index (κ2) is 8.25. The fraction of sp³-hybridized carbons (Fsp3) is 0.526. The zero-order valence-electron chi connectivity index (χ0n) is 15.1. The molecule has 3 rings (SSSR count). The monoisotopic (exact) mass is 340 g/mol. The minimum absolute atomic E-state index is 0.183. The van der Waals surface area contributed by atoms with Gasteiger partial charge >= 0.3 is 0 Å². The summed E-state index contributed by atoms with van der Waals surface area (Å²) in [6, 6.07) is 6.60.